The van der Waals surface area contributed by atoms with Gasteiger partial charge in [0.05, 0.1) is 12.3 Å². The second-order valence-electron chi connectivity index (χ2n) is 8.20. The topological polar surface area (TPSA) is 105 Å². The third-order valence-electron chi connectivity index (χ3n) is 5.75. The van der Waals surface area contributed by atoms with Crippen LogP contribution in [-0.2, 0) is 14.3 Å². The first-order chi connectivity index (χ1) is 15.4. The van der Waals surface area contributed by atoms with Gasteiger partial charge in [-0.05, 0) is 28.7 Å². The number of carbonyl (C=O) groups is 3. The Balaban J connectivity index is 1.50. The zero-order valence-corrected chi connectivity index (χ0v) is 18.5. The zero-order valence-electron chi connectivity index (χ0n) is 18.5. The van der Waals surface area contributed by atoms with E-state index in [1.165, 1.54) is 0 Å². The van der Waals surface area contributed by atoms with Gasteiger partial charge in [-0.25, -0.2) is 4.79 Å². The average molecular weight is 439 g/mol. The maximum atomic E-state index is 12.4. The number of benzene rings is 2. The fraction of sp³-hybridized carbons (Fsp3) is 0.400. The van der Waals surface area contributed by atoms with Crippen molar-refractivity contribution in [3.05, 3.63) is 59.7 Å². The van der Waals surface area contributed by atoms with Gasteiger partial charge >= 0.3 is 12.1 Å². The van der Waals surface area contributed by atoms with Crippen LogP contribution in [0.1, 0.15) is 50.2 Å². The van der Waals surface area contributed by atoms with Gasteiger partial charge in [0, 0.05) is 18.5 Å². The maximum Gasteiger partial charge on any atom is 0.407 e. The number of carbonyl (C=O) groups excluding carboxylic acids is 2. The molecule has 0 heterocycles. The van der Waals surface area contributed by atoms with E-state index >= 15 is 0 Å². The van der Waals surface area contributed by atoms with Crippen LogP contribution in [0.5, 0.6) is 0 Å². The van der Waals surface area contributed by atoms with Gasteiger partial charge in [-0.2, -0.15) is 0 Å². The number of amides is 2. The Labute approximate surface area is 188 Å². The molecule has 0 radical (unpaired) electrons. The lowest BCUT2D eigenvalue weighted by atomic mass is 9.98. The van der Waals surface area contributed by atoms with Crippen LogP contribution in [0.4, 0.5) is 4.79 Å². The number of carboxylic acid groups (broad SMARTS) is 1. The smallest absolute Gasteiger partial charge is 0.407 e. The van der Waals surface area contributed by atoms with Crippen LogP contribution < -0.4 is 10.6 Å². The summed E-state index contributed by atoms with van der Waals surface area (Å²) in [6, 6.07) is 15.8. The van der Waals surface area contributed by atoms with Crippen molar-refractivity contribution < 1.29 is 24.2 Å². The SMILES string of the molecule is CCC[C@@H](CC(=O)O)NC(=O)C(C)CNC(=O)OCC1c2ccccc2-c2ccccc21. The Kier molecular flexibility index (Phi) is 7.87. The highest BCUT2D eigenvalue weighted by molar-refractivity contribution is 5.81. The summed E-state index contributed by atoms with van der Waals surface area (Å²) < 4.78 is 5.48. The van der Waals surface area contributed by atoms with Crippen LogP contribution in [0.3, 0.4) is 0 Å². The Morgan fingerprint density at radius 1 is 1.03 bits per heavy atom. The molecule has 1 unspecified atom stereocenters. The first-order valence-corrected chi connectivity index (χ1v) is 11.0. The van der Waals surface area contributed by atoms with E-state index in [-0.39, 0.29) is 31.4 Å². The van der Waals surface area contributed by atoms with E-state index in [1.54, 1.807) is 6.92 Å². The van der Waals surface area contributed by atoms with Crippen molar-refractivity contribution in [3.8, 4) is 11.1 Å². The molecule has 0 saturated carbocycles. The van der Waals surface area contributed by atoms with E-state index in [0.29, 0.717) is 6.42 Å². The minimum absolute atomic E-state index is 0.0281. The van der Waals surface area contributed by atoms with Gasteiger partial charge in [-0.3, -0.25) is 9.59 Å². The van der Waals surface area contributed by atoms with Crippen molar-refractivity contribution in [2.45, 2.75) is 45.1 Å². The van der Waals surface area contributed by atoms with Crippen LogP contribution >= 0.6 is 0 Å². The molecule has 0 bridgehead atoms. The van der Waals surface area contributed by atoms with Crippen molar-refractivity contribution >= 4 is 18.0 Å². The third-order valence-corrected chi connectivity index (χ3v) is 5.75. The molecule has 2 aromatic rings. The molecule has 2 amide bonds. The lowest BCUT2D eigenvalue weighted by Crippen LogP contribution is -2.43. The predicted molar refractivity (Wildman–Crippen MR) is 121 cm³/mol. The fourth-order valence-electron chi connectivity index (χ4n) is 4.11. The highest BCUT2D eigenvalue weighted by Crippen LogP contribution is 2.44. The Morgan fingerprint density at radius 3 is 2.19 bits per heavy atom. The van der Waals surface area contributed by atoms with Gasteiger partial charge in [0.2, 0.25) is 5.91 Å². The summed E-state index contributed by atoms with van der Waals surface area (Å²) in [6.45, 7) is 3.93. The molecule has 0 saturated heterocycles. The molecule has 0 aromatic heterocycles. The number of hydrogen-bond donors (Lipinski definition) is 3. The molecule has 1 aliphatic carbocycles. The number of alkyl carbamates (subject to hydrolysis) is 1. The molecule has 0 fully saturated rings. The lowest BCUT2D eigenvalue weighted by molar-refractivity contribution is -0.137. The minimum atomic E-state index is -0.951. The largest absolute Gasteiger partial charge is 0.481 e. The van der Waals surface area contributed by atoms with E-state index in [1.807, 2.05) is 31.2 Å². The minimum Gasteiger partial charge on any atom is -0.481 e. The van der Waals surface area contributed by atoms with Crippen LogP contribution in [-0.4, -0.2) is 42.3 Å². The number of ether oxygens (including phenoxy) is 1. The quantitative estimate of drug-likeness (QED) is 0.521. The predicted octanol–water partition coefficient (Wildman–Crippen LogP) is 3.92. The molecule has 170 valence electrons. The van der Waals surface area contributed by atoms with Gasteiger partial charge in [-0.1, -0.05) is 68.8 Å². The second-order valence-corrected chi connectivity index (χ2v) is 8.20. The number of rotatable bonds is 10. The normalized spacial score (nSPS) is 14.1. The summed E-state index contributed by atoms with van der Waals surface area (Å²) in [5, 5.41) is 14.4. The molecule has 0 aliphatic heterocycles. The summed E-state index contributed by atoms with van der Waals surface area (Å²) in [5.41, 5.74) is 4.58. The Morgan fingerprint density at radius 2 is 1.62 bits per heavy atom. The molecule has 1 aliphatic rings. The van der Waals surface area contributed by atoms with Crippen LogP contribution in [0, 0.1) is 5.92 Å². The van der Waals surface area contributed by atoms with Gasteiger partial charge in [-0.15, -0.1) is 0 Å². The molecule has 7 heteroatoms. The number of aliphatic carboxylic acids is 1. The molecule has 2 aromatic carbocycles. The number of nitrogens with one attached hydrogen (secondary N) is 2. The van der Waals surface area contributed by atoms with Crippen molar-refractivity contribution in [3.63, 3.8) is 0 Å². The van der Waals surface area contributed by atoms with Crippen molar-refractivity contribution in [2.75, 3.05) is 13.2 Å². The standard InChI is InChI=1S/C25H30N2O5/c1-3-8-17(13-23(28)29)27-24(30)16(2)14-26-25(31)32-15-22-20-11-6-4-9-18(20)19-10-5-7-12-21(19)22/h4-7,9-12,16-17,22H,3,8,13-15H2,1-2H3,(H,26,31)(H,27,30)(H,28,29)/t16?,17-/m0/s1. The van der Waals surface area contributed by atoms with Crippen molar-refractivity contribution in [1.29, 1.82) is 0 Å². The number of carboxylic acids is 1. The molecule has 2 atom stereocenters. The summed E-state index contributed by atoms with van der Waals surface area (Å²) in [4.78, 5) is 35.6. The summed E-state index contributed by atoms with van der Waals surface area (Å²) >= 11 is 0. The lowest BCUT2D eigenvalue weighted by Gasteiger charge is -2.20. The molecule has 32 heavy (non-hydrogen) atoms. The first kappa shape index (κ1) is 23.3. The van der Waals surface area contributed by atoms with E-state index in [0.717, 1.165) is 28.7 Å². The van der Waals surface area contributed by atoms with Gasteiger partial charge < -0.3 is 20.5 Å². The van der Waals surface area contributed by atoms with Crippen molar-refractivity contribution in [1.82, 2.24) is 10.6 Å². The van der Waals surface area contributed by atoms with E-state index < -0.39 is 24.0 Å². The Hall–Kier alpha value is -3.35. The van der Waals surface area contributed by atoms with E-state index in [4.69, 9.17) is 9.84 Å². The highest BCUT2D eigenvalue weighted by Gasteiger charge is 2.29. The third kappa shape index (κ3) is 5.66. The van der Waals surface area contributed by atoms with Crippen LogP contribution in [0.2, 0.25) is 0 Å². The summed E-state index contributed by atoms with van der Waals surface area (Å²) in [5.74, 6) is -1.78. The fourth-order valence-corrected chi connectivity index (χ4v) is 4.11. The van der Waals surface area contributed by atoms with Gasteiger partial charge in [0.25, 0.3) is 0 Å². The monoisotopic (exact) mass is 438 g/mol. The maximum absolute atomic E-state index is 12.4. The van der Waals surface area contributed by atoms with Gasteiger partial charge in [0.1, 0.15) is 6.61 Å². The molecular weight excluding hydrogens is 408 g/mol. The Bertz CT molecular complexity index is 929. The van der Waals surface area contributed by atoms with Crippen LogP contribution in [0.15, 0.2) is 48.5 Å². The van der Waals surface area contributed by atoms with Gasteiger partial charge in [0.15, 0.2) is 0 Å². The number of hydrogen-bond acceptors (Lipinski definition) is 4. The molecule has 3 rings (SSSR count). The van der Waals surface area contributed by atoms with Crippen LogP contribution in [0.25, 0.3) is 11.1 Å². The second kappa shape index (κ2) is 10.8. The zero-order chi connectivity index (χ0) is 23.1. The summed E-state index contributed by atoms with van der Waals surface area (Å²) in [7, 11) is 0. The van der Waals surface area contributed by atoms with E-state index in [9.17, 15) is 14.4 Å². The number of fused-ring (bicyclic) bond motifs is 3. The van der Waals surface area contributed by atoms with E-state index in [2.05, 4.69) is 34.9 Å². The average Bonchev–Trinajstić information content (AvgIpc) is 3.09. The molecule has 3 N–H and O–H groups in total. The van der Waals surface area contributed by atoms with Crippen molar-refractivity contribution in [2.24, 2.45) is 5.92 Å². The summed E-state index contributed by atoms with van der Waals surface area (Å²) in [6.07, 6.45) is 0.656. The molecule has 7 nitrogen and oxygen atoms in total. The highest BCUT2D eigenvalue weighted by atomic mass is 16.5. The molecular formula is C25H30N2O5. The first-order valence-electron chi connectivity index (χ1n) is 11.0. The molecule has 0 spiro atoms.